The van der Waals surface area contributed by atoms with Gasteiger partial charge in [0.1, 0.15) is 5.75 Å². The van der Waals surface area contributed by atoms with Gasteiger partial charge in [-0.25, -0.2) is 5.43 Å². The number of benzene rings is 2. The number of aryl methyl sites for hydroxylation is 2. The molecule has 0 aliphatic carbocycles. The molecule has 2 aromatic carbocycles. The fourth-order valence-corrected chi connectivity index (χ4v) is 1.95. The molecule has 0 unspecified atom stereocenters. The van der Waals surface area contributed by atoms with E-state index in [0.717, 1.165) is 16.8 Å². The number of rotatable bonds is 5. The van der Waals surface area contributed by atoms with Crippen molar-refractivity contribution in [2.45, 2.75) is 13.8 Å². The quantitative estimate of drug-likeness (QED) is 0.586. The third-order valence-electron chi connectivity index (χ3n) is 3.25. The number of hydrogen-bond donors (Lipinski definition) is 3. The monoisotopic (exact) mass is 297 g/mol. The fraction of sp³-hybridized carbons (Fsp3) is 0.176. The van der Waals surface area contributed by atoms with Crippen molar-refractivity contribution >= 4 is 17.8 Å². The van der Waals surface area contributed by atoms with Gasteiger partial charge in [0.05, 0.1) is 12.8 Å². The van der Waals surface area contributed by atoms with E-state index >= 15 is 0 Å². The summed E-state index contributed by atoms with van der Waals surface area (Å²) >= 11 is 0. The summed E-state index contributed by atoms with van der Waals surface area (Å²) in [4.78, 5) is 11.7. The zero-order chi connectivity index (χ0) is 15.9. The second-order valence-corrected chi connectivity index (χ2v) is 4.97. The molecule has 22 heavy (non-hydrogen) atoms. The van der Waals surface area contributed by atoms with E-state index in [0.29, 0.717) is 5.56 Å². The Balaban J connectivity index is 1.86. The van der Waals surface area contributed by atoms with Gasteiger partial charge in [0.25, 0.3) is 5.91 Å². The smallest absolute Gasteiger partial charge is 0.259 e. The highest BCUT2D eigenvalue weighted by atomic mass is 16.3. The fourth-order valence-electron chi connectivity index (χ4n) is 1.95. The van der Waals surface area contributed by atoms with E-state index in [1.807, 2.05) is 37.3 Å². The number of nitrogens with one attached hydrogen (secondary N) is 2. The van der Waals surface area contributed by atoms with Gasteiger partial charge < -0.3 is 10.4 Å². The maximum atomic E-state index is 11.7. The number of anilines is 1. The van der Waals surface area contributed by atoms with Crippen molar-refractivity contribution in [3.63, 3.8) is 0 Å². The second kappa shape index (κ2) is 7.26. The van der Waals surface area contributed by atoms with Gasteiger partial charge in [-0.3, -0.25) is 4.79 Å². The van der Waals surface area contributed by atoms with E-state index in [-0.39, 0.29) is 18.2 Å². The molecule has 0 aliphatic heterocycles. The van der Waals surface area contributed by atoms with Crippen LogP contribution in [0.4, 0.5) is 5.69 Å². The molecule has 0 aromatic heterocycles. The average molecular weight is 297 g/mol. The largest absolute Gasteiger partial charge is 0.507 e. The van der Waals surface area contributed by atoms with Crippen LogP contribution in [-0.2, 0) is 4.79 Å². The molecule has 0 heterocycles. The molecule has 1 amide bonds. The number of hydrazone groups is 1. The third kappa shape index (κ3) is 4.09. The highest BCUT2D eigenvalue weighted by Gasteiger charge is 2.02. The Hall–Kier alpha value is -2.82. The molecule has 0 spiro atoms. The number of amides is 1. The molecule has 0 saturated heterocycles. The van der Waals surface area contributed by atoms with Crippen LogP contribution in [0.3, 0.4) is 0 Å². The van der Waals surface area contributed by atoms with Gasteiger partial charge in [-0.15, -0.1) is 0 Å². The number of para-hydroxylation sites is 2. The Bertz CT molecular complexity index is 696. The predicted molar refractivity (Wildman–Crippen MR) is 88.2 cm³/mol. The lowest BCUT2D eigenvalue weighted by Crippen LogP contribution is -2.26. The SMILES string of the molecule is Cc1ccccc1NCC(=O)N/N=C\c1cccc(C)c1O. The van der Waals surface area contributed by atoms with E-state index in [9.17, 15) is 9.90 Å². The topological polar surface area (TPSA) is 73.7 Å². The summed E-state index contributed by atoms with van der Waals surface area (Å²) in [6.45, 7) is 3.90. The predicted octanol–water partition coefficient (Wildman–Crippen LogP) is 2.57. The highest BCUT2D eigenvalue weighted by molar-refractivity contribution is 5.86. The summed E-state index contributed by atoms with van der Waals surface area (Å²) in [5.74, 6) is -0.0924. The van der Waals surface area contributed by atoms with Gasteiger partial charge in [0.15, 0.2) is 0 Å². The number of carbonyl (C=O) groups excluding carboxylic acids is 1. The minimum Gasteiger partial charge on any atom is -0.507 e. The van der Waals surface area contributed by atoms with Crippen LogP contribution in [0.25, 0.3) is 0 Å². The van der Waals surface area contributed by atoms with E-state index in [1.165, 1.54) is 6.21 Å². The molecule has 0 aliphatic rings. The maximum Gasteiger partial charge on any atom is 0.259 e. The zero-order valence-corrected chi connectivity index (χ0v) is 12.6. The van der Waals surface area contributed by atoms with Crippen molar-refractivity contribution in [3.05, 3.63) is 59.2 Å². The van der Waals surface area contributed by atoms with Crippen LogP contribution in [0.1, 0.15) is 16.7 Å². The van der Waals surface area contributed by atoms with Crippen LogP contribution >= 0.6 is 0 Å². The van der Waals surface area contributed by atoms with Gasteiger partial charge in [-0.05, 0) is 37.1 Å². The number of phenolic OH excluding ortho intramolecular Hbond substituents is 1. The standard InChI is InChI=1S/C17H19N3O2/c1-12-6-3-4-9-15(12)18-11-16(21)20-19-10-14-8-5-7-13(2)17(14)22/h3-10,18,22H,11H2,1-2H3,(H,20,21)/b19-10-. The van der Waals surface area contributed by atoms with Crippen LogP contribution < -0.4 is 10.7 Å². The molecule has 0 atom stereocenters. The molecule has 0 bridgehead atoms. The third-order valence-corrected chi connectivity index (χ3v) is 3.25. The summed E-state index contributed by atoms with van der Waals surface area (Å²) in [7, 11) is 0. The number of aromatic hydroxyl groups is 1. The molecule has 2 rings (SSSR count). The molecule has 2 aromatic rings. The van der Waals surface area contributed by atoms with Gasteiger partial charge in [0.2, 0.25) is 0 Å². The molecule has 114 valence electrons. The van der Waals surface area contributed by atoms with E-state index in [4.69, 9.17) is 0 Å². The van der Waals surface area contributed by atoms with Crippen molar-refractivity contribution in [3.8, 4) is 5.75 Å². The minimum absolute atomic E-state index is 0.127. The number of nitrogens with zero attached hydrogens (tertiary/aromatic N) is 1. The first-order valence-electron chi connectivity index (χ1n) is 6.98. The summed E-state index contributed by atoms with van der Waals surface area (Å²) in [5.41, 5.74) is 5.73. The Kier molecular flexibility index (Phi) is 5.14. The highest BCUT2D eigenvalue weighted by Crippen LogP contribution is 2.19. The molecule has 3 N–H and O–H groups in total. The summed E-state index contributed by atoms with van der Waals surface area (Å²) in [5, 5.41) is 16.7. The number of hydrogen-bond acceptors (Lipinski definition) is 4. The van der Waals surface area contributed by atoms with Gasteiger partial charge in [-0.1, -0.05) is 30.3 Å². The first-order chi connectivity index (χ1) is 10.6. The summed E-state index contributed by atoms with van der Waals surface area (Å²) < 4.78 is 0. The van der Waals surface area contributed by atoms with Gasteiger partial charge in [0, 0.05) is 11.3 Å². The van der Waals surface area contributed by atoms with Crippen LogP contribution in [0.2, 0.25) is 0 Å². The van der Waals surface area contributed by atoms with E-state index in [1.54, 1.807) is 19.1 Å². The first kappa shape index (κ1) is 15.6. The Morgan fingerprint density at radius 2 is 1.86 bits per heavy atom. The van der Waals surface area contributed by atoms with E-state index < -0.39 is 0 Å². The van der Waals surface area contributed by atoms with Crippen molar-refractivity contribution in [2.24, 2.45) is 5.10 Å². The van der Waals surface area contributed by atoms with Crippen LogP contribution in [-0.4, -0.2) is 23.8 Å². The zero-order valence-electron chi connectivity index (χ0n) is 12.6. The molecular formula is C17H19N3O2. The van der Waals surface area contributed by atoms with Gasteiger partial charge >= 0.3 is 0 Å². The van der Waals surface area contributed by atoms with E-state index in [2.05, 4.69) is 15.8 Å². The lowest BCUT2D eigenvalue weighted by molar-refractivity contribution is -0.119. The van der Waals surface area contributed by atoms with Crippen molar-refractivity contribution in [1.82, 2.24) is 5.43 Å². The van der Waals surface area contributed by atoms with Crippen LogP contribution in [0.5, 0.6) is 5.75 Å². The first-order valence-corrected chi connectivity index (χ1v) is 6.98. The Labute approximate surface area is 129 Å². The van der Waals surface area contributed by atoms with Crippen LogP contribution in [0, 0.1) is 13.8 Å². The number of phenols is 1. The molecule has 0 fully saturated rings. The van der Waals surface area contributed by atoms with Gasteiger partial charge in [-0.2, -0.15) is 5.10 Å². The number of carbonyl (C=O) groups is 1. The molecule has 5 nitrogen and oxygen atoms in total. The summed E-state index contributed by atoms with van der Waals surface area (Å²) in [6.07, 6.45) is 1.42. The molecule has 5 heteroatoms. The Morgan fingerprint density at radius 3 is 2.64 bits per heavy atom. The molecule has 0 saturated carbocycles. The van der Waals surface area contributed by atoms with Crippen molar-refractivity contribution in [1.29, 1.82) is 0 Å². The lowest BCUT2D eigenvalue weighted by Gasteiger charge is -2.08. The van der Waals surface area contributed by atoms with Crippen molar-refractivity contribution in [2.75, 3.05) is 11.9 Å². The minimum atomic E-state index is -0.258. The Morgan fingerprint density at radius 1 is 1.14 bits per heavy atom. The summed E-state index contributed by atoms with van der Waals surface area (Å²) in [6, 6.07) is 13.1. The maximum absolute atomic E-state index is 11.7. The normalized spacial score (nSPS) is 10.6. The van der Waals surface area contributed by atoms with Crippen molar-refractivity contribution < 1.29 is 9.90 Å². The lowest BCUT2D eigenvalue weighted by atomic mass is 10.1. The average Bonchev–Trinajstić information content (AvgIpc) is 2.51. The molecular weight excluding hydrogens is 278 g/mol. The second-order valence-electron chi connectivity index (χ2n) is 4.97. The van der Waals surface area contributed by atoms with Crippen LogP contribution in [0.15, 0.2) is 47.6 Å². The molecule has 0 radical (unpaired) electrons.